The molecule has 0 aliphatic rings. The molecule has 0 heterocycles. The van der Waals surface area contributed by atoms with E-state index in [1.165, 1.54) is 4.90 Å². The van der Waals surface area contributed by atoms with Gasteiger partial charge in [-0.15, -0.1) is 0 Å². The fourth-order valence-electron chi connectivity index (χ4n) is 1.51. The number of hydrogen-bond donors (Lipinski definition) is 1. The molecule has 1 atom stereocenters. The first-order valence-electron chi connectivity index (χ1n) is 5.17. The van der Waals surface area contributed by atoms with E-state index in [-0.39, 0.29) is 11.3 Å². The Kier molecular flexibility index (Phi) is 4.78. The van der Waals surface area contributed by atoms with Crippen molar-refractivity contribution < 1.29 is 14.7 Å². The van der Waals surface area contributed by atoms with E-state index in [2.05, 4.69) is 0 Å². The molecule has 0 fully saturated rings. The van der Waals surface area contributed by atoms with Gasteiger partial charge in [0.1, 0.15) is 5.92 Å². The fraction of sp³-hybridized carbons (Fsp3) is 0.818. The molecule has 0 saturated carbocycles. The molecule has 4 heteroatoms. The van der Waals surface area contributed by atoms with Crippen LogP contribution in [0.4, 0.5) is 0 Å². The lowest BCUT2D eigenvalue weighted by atomic mass is 9.95. The van der Waals surface area contributed by atoms with Crippen molar-refractivity contribution in [3.63, 3.8) is 0 Å². The number of aliphatic carboxylic acids is 1. The third-order valence-corrected chi connectivity index (χ3v) is 2.09. The minimum Gasteiger partial charge on any atom is -0.481 e. The van der Waals surface area contributed by atoms with Crippen molar-refractivity contribution in [3.05, 3.63) is 0 Å². The van der Waals surface area contributed by atoms with Gasteiger partial charge in [-0.3, -0.25) is 9.59 Å². The Bertz CT molecular complexity index is 243. The van der Waals surface area contributed by atoms with E-state index < -0.39 is 11.9 Å². The minimum absolute atomic E-state index is 0.0127. The third-order valence-electron chi connectivity index (χ3n) is 2.09. The summed E-state index contributed by atoms with van der Waals surface area (Å²) in [5.74, 6) is -2.25. The molecule has 1 unspecified atom stereocenters. The summed E-state index contributed by atoms with van der Waals surface area (Å²) in [5, 5.41) is 8.84. The van der Waals surface area contributed by atoms with Crippen LogP contribution in [0.2, 0.25) is 0 Å². The average molecular weight is 215 g/mol. The molecule has 0 aromatic carbocycles. The fourth-order valence-corrected chi connectivity index (χ4v) is 1.51. The number of hydrogen-bond acceptors (Lipinski definition) is 2. The summed E-state index contributed by atoms with van der Waals surface area (Å²) < 4.78 is 0. The Morgan fingerprint density at radius 1 is 1.33 bits per heavy atom. The summed E-state index contributed by atoms with van der Waals surface area (Å²) in [6, 6.07) is 0. The van der Waals surface area contributed by atoms with Gasteiger partial charge >= 0.3 is 5.97 Å². The molecule has 0 rings (SSSR count). The van der Waals surface area contributed by atoms with Crippen LogP contribution in [0.3, 0.4) is 0 Å². The van der Waals surface area contributed by atoms with Crippen molar-refractivity contribution in [2.75, 3.05) is 13.6 Å². The highest BCUT2D eigenvalue weighted by Crippen LogP contribution is 2.16. The second-order valence-electron chi connectivity index (χ2n) is 5.05. The first-order valence-corrected chi connectivity index (χ1v) is 5.17. The van der Waals surface area contributed by atoms with Gasteiger partial charge in [-0.05, 0) is 11.8 Å². The SMILES string of the molecule is CCC(C(=O)O)C(=O)N(C)CC(C)(C)C. The van der Waals surface area contributed by atoms with E-state index >= 15 is 0 Å². The largest absolute Gasteiger partial charge is 0.481 e. The maximum Gasteiger partial charge on any atom is 0.316 e. The van der Waals surface area contributed by atoms with Crippen LogP contribution in [0.5, 0.6) is 0 Å². The van der Waals surface area contributed by atoms with Crippen molar-refractivity contribution in [2.45, 2.75) is 34.1 Å². The number of carboxylic acid groups (broad SMARTS) is 1. The molecule has 0 aliphatic heterocycles. The number of carbonyl (C=O) groups is 2. The predicted molar refractivity (Wildman–Crippen MR) is 58.5 cm³/mol. The molecule has 0 aromatic rings. The Morgan fingerprint density at radius 2 is 1.80 bits per heavy atom. The summed E-state index contributed by atoms with van der Waals surface area (Å²) in [6.45, 7) is 8.31. The topological polar surface area (TPSA) is 57.6 Å². The molecule has 0 bridgehead atoms. The molecule has 15 heavy (non-hydrogen) atoms. The average Bonchev–Trinajstić information content (AvgIpc) is 2.01. The standard InChI is InChI=1S/C11H21NO3/c1-6-8(10(14)15)9(13)12(5)7-11(2,3)4/h8H,6-7H2,1-5H3,(H,14,15). The van der Waals surface area contributed by atoms with Crippen LogP contribution < -0.4 is 0 Å². The highest BCUT2D eigenvalue weighted by molar-refractivity contribution is 5.96. The van der Waals surface area contributed by atoms with Gasteiger partial charge in [0.15, 0.2) is 0 Å². The quantitative estimate of drug-likeness (QED) is 0.725. The van der Waals surface area contributed by atoms with Crippen molar-refractivity contribution in [3.8, 4) is 0 Å². The summed E-state index contributed by atoms with van der Waals surface area (Å²) in [7, 11) is 1.65. The monoisotopic (exact) mass is 215 g/mol. The maximum atomic E-state index is 11.7. The summed E-state index contributed by atoms with van der Waals surface area (Å²) in [5.41, 5.74) is -0.0127. The van der Waals surface area contributed by atoms with Crippen LogP contribution in [0.15, 0.2) is 0 Å². The normalized spacial score (nSPS) is 13.4. The predicted octanol–water partition coefficient (Wildman–Crippen LogP) is 1.60. The molecular formula is C11H21NO3. The van der Waals surface area contributed by atoms with E-state index in [9.17, 15) is 9.59 Å². The molecule has 1 amide bonds. The number of nitrogens with zero attached hydrogens (tertiary/aromatic N) is 1. The van der Waals surface area contributed by atoms with Gasteiger partial charge in [-0.1, -0.05) is 27.7 Å². The van der Waals surface area contributed by atoms with Crippen molar-refractivity contribution in [1.82, 2.24) is 4.90 Å². The van der Waals surface area contributed by atoms with Crippen molar-refractivity contribution in [2.24, 2.45) is 11.3 Å². The first kappa shape index (κ1) is 13.9. The zero-order valence-electron chi connectivity index (χ0n) is 10.2. The van der Waals surface area contributed by atoms with Crippen LogP contribution >= 0.6 is 0 Å². The molecule has 4 nitrogen and oxygen atoms in total. The molecule has 0 aromatic heterocycles. The van der Waals surface area contributed by atoms with Crippen LogP contribution in [-0.4, -0.2) is 35.5 Å². The molecular weight excluding hydrogens is 194 g/mol. The van der Waals surface area contributed by atoms with Gasteiger partial charge in [0, 0.05) is 13.6 Å². The Morgan fingerprint density at radius 3 is 2.07 bits per heavy atom. The number of carboxylic acids is 1. The van der Waals surface area contributed by atoms with Gasteiger partial charge < -0.3 is 10.0 Å². The van der Waals surface area contributed by atoms with Crippen LogP contribution in [0, 0.1) is 11.3 Å². The van der Waals surface area contributed by atoms with Crippen molar-refractivity contribution >= 4 is 11.9 Å². The Labute approximate surface area is 91.3 Å². The van der Waals surface area contributed by atoms with E-state index in [1.54, 1.807) is 14.0 Å². The third kappa shape index (κ3) is 4.81. The summed E-state index contributed by atoms with van der Waals surface area (Å²) in [4.78, 5) is 24.0. The zero-order valence-corrected chi connectivity index (χ0v) is 10.2. The highest BCUT2D eigenvalue weighted by atomic mass is 16.4. The highest BCUT2D eigenvalue weighted by Gasteiger charge is 2.28. The Hall–Kier alpha value is -1.06. The molecule has 0 saturated heterocycles. The van der Waals surface area contributed by atoms with Crippen LogP contribution in [0.1, 0.15) is 34.1 Å². The lowest BCUT2D eigenvalue weighted by molar-refractivity contribution is -0.151. The molecule has 0 spiro atoms. The van der Waals surface area contributed by atoms with Crippen LogP contribution in [-0.2, 0) is 9.59 Å². The Balaban J connectivity index is 4.49. The first-order chi connectivity index (χ1) is 6.69. The maximum absolute atomic E-state index is 11.7. The van der Waals surface area contributed by atoms with Gasteiger partial charge in [0.25, 0.3) is 0 Å². The van der Waals surface area contributed by atoms with Gasteiger partial charge in [0.05, 0.1) is 0 Å². The molecule has 0 aliphatic carbocycles. The minimum atomic E-state index is -1.04. The molecule has 1 N–H and O–H groups in total. The van der Waals surface area contributed by atoms with E-state index in [0.29, 0.717) is 13.0 Å². The molecule has 0 radical (unpaired) electrons. The van der Waals surface area contributed by atoms with E-state index in [1.807, 2.05) is 20.8 Å². The summed E-state index contributed by atoms with van der Waals surface area (Å²) in [6.07, 6.45) is 0.336. The summed E-state index contributed by atoms with van der Waals surface area (Å²) >= 11 is 0. The number of amides is 1. The van der Waals surface area contributed by atoms with Gasteiger partial charge in [0.2, 0.25) is 5.91 Å². The zero-order chi connectivity index (χ0) is 12.2. The second-order valence-corrected chi connectivity index (χ2v) is 5.05. The lowest BCUT2D eigenvalue weighted by Gasteiger charge is -2.28. The van der Waals surface area contributed by atoms with Gasteiger partial charge in [-0.2, -0.15) is 0 Å². The molecule has 88 valence electrons. The smallest absolute Gasteiger partial charge is 0.316 e. The van der Waals surface area contributed by atoms with Crippen molar-refractivity contribution in [1.29, 1.82) is 0 Å². The lowest BCUT2D eigenvalue weighted by Crippen LogP contribution is -2.40. The van der Waals surface area contributed by atoms with Crippen LogP contribution in [0.25, 0.3) is 0 Å². The number of carbonyl (C=O) groups excluding carboxylic acids is 1. The van der Waals surface area contributed by atoms with Gasteiger partial charge in [-0.25, -0.2) is 0 Å². The van der Waals surface area contributed by atoms with E-state index in [4.69, 9.17) is 5.11 Å². The number of rotatable bonds is 4. The second kappa shape index (κ2) is 5.14. The van der Waals surface area contributed by atoms with E-state index in [0.717, 1.165) is 0 Å².